The zero-order chi connectivity index (χ0) is 15.9. The van der Waals surface area contributed by atoms with Crippen molar-refractivity contribution in [3.05, 3.63) is 54.3 Å². The molecule has 110 valence electrons. The van der Waals surface area contributed by atoms with Crippen molar-refractivity contribution in [1.82, 2.24) is 5.32 Å². The summed E-state index contributed by atoms with van der Waals surface area (Å²) < 4.78 is 38.3. The highest BCUT2D eigenvalue weighted by atomic mass is 19.4. The van der Waals surface area contributed by atoms with Crippen molar-refractivity contribution in [2.24, 2.45) is 0 Å². The summed E-state index contributed by atoms with van der Waals surface area (Å²) in [6.45, 7) is 3.75. The normalized spacial score (nSPS) is 11.4. The minimum Gasteiger partial charge on any atom is -0.386 e. The summed E-state index contributed by atoms with van der Waals surface area (Å²) in [5, 5.41) is 13.5. The van der Waals surface area contributed by atoms with Crippen LogP contribution in [-0.4, -0.2) is 12.5 Å². The maximum absolute atomic E-state index is 12.8. The molecule has 0 aliphatic carbocycles. The second-order valence-corrected chi connectivity index (χ2v) is 3.86. The first-order valence-corrected chi connectivity index (χ1v) is 5.82. The van der Waals surface area contributed by atoms with Gasteiger partial charge in [-0.05, 0) is 12.1 Å². The lowest BCUT2D eigenvalue weighted by atomic mass is 10.1. The Bertz CT molecular complexity index is 600. The van der Waals surface area contributed by atoms with Gasteiger partial charge in [-0.2, -0.15) is 18.4 Å². The maximum Gasteiger partial charge on any atom is 0.418 e. The number of carbonyl (C=O) groups excluding carboxylic acids is 1. The van der Waals surface area contributed by atoms with Crippen molar-refractivity contribution in [2.75, 3.05) is 11.9 Å². The molecule has 1 rings (SSSR count). The van der Waals surface area contributed by atoms with Crippen molar-refractivity contribution < 1.29 is 18.0 Å². The predicted molar refractivity (Wildman–Crippen MR) is 72.0 cm³/mol. The largest absolute Gasteiger partial charge is 0.418 e. The summed E-state index contributed by atoms with van der Waals surface area (Å²) in [7, 11) is 0. The van der Waals surface area contributed by atoms with Gasteiger partial charge in [0, 0.05) is 12.7 Å². The fourth-order valence-electron chi connectivity index (χ4n) is 1.42. The molecule has 4 nitrogen and oxygen atoms in total. The molecule has 0 atom stereocenters. The Morgan fingerprint density at radius 1 is 1.38 bits per heavy atom. The van der Waals surface area contributed by atoms with Crippen LogP contribution < -0.4 is 10.6 Å². The molecule has 0 saturated carbocycles. The lowest BCUT2D eigenvalue weighted by Gasteiger charge is -2.13. The minimum absolute atomic E-state index is 0.317. The monoisotopic (exact) mass is 295 g/mol. The number of nitriles is 1. The van der Waals surface area contributed by atoms with Crippen molar-refractivity contribution in [3.8, 4) is 6.07 Å². The lowest BCUT2D eigenvalue weighted by molar-refractivity contribution is -0.136. The number of hydrogen-bond acceptors (Lipinski definition) is 3. The number of hydrogen-bond donors (Lipinski definition) is 2. The average molecular weight is 295 g/mol. The smallest absolute Gasteiger partial charge is 0.386 e. The van der Waals surface area contributed by atoms with E-state index in [1.807, 2.05) is 0 Å². The van der Waals surface area contributed by atoms with Crippen LogP contribution in [0.4, 0.5) is 18.9 Å². The molecule has 0 fully saturated rings. The summed E-state index contributed by atoms with van der Waals surface area (Å²) in [4.78, 5) is 11.8. The van der Waals surface area contributed by atoms with Crippen LogP contribution in [0.3, 0.4) is 0 Å². The first-order valence-electron chi connectivity index (χ1n) is 5.82. The second kappa shape index (κ2) is 7.14. The van der Waals surface area contributed by atoms with Gasteiger partial charge in [0.15, 0.2) is 0 Å². The van der Waals surface area contributed by atoms with Gasteiger partial charge in [-0.15, -0.1) is 6.58 Å². The Balaban J connectivity index is 2.96. The van der Waals surface area contributed by atoms with Crippen LogP contribution in [0.1, 0.15) is 5.56 Å². The van der Waals surface area contributed by atoms with Crippen molar-refractivity contribution >= 4 is 11.6 Å². The minimum atomic E-state index is -4.60. The van der Waals surface area contributed by atoms with Crippen LogP contribution in [0.25, 0.3) is 0 Å². The third-order valence-corrected chi connectivity index (χ3v) is 2.35. The number of benzene rings is 1. The Morgan fingerprint density at radius 2 is 2.05 bits per heavy atom. The predicted octanol–water partition coefficient (Wildman–Crippen LogP) is 2.83. The highest BCUT2D eigenvalue weighted by Crippen LogP contribution is 2.34. The van der Waals surface area contributed by atoms with E-state index in [1.165, 1.54) is 18.2 Å². The Kier molecular flexibility index (Phi) is 5.55. The first-order chi connectivity index (χ1) is 9.90. The van der Waals surface area contributed by atoms with Crippen LogP contribution in [0, 0.1) is 11.3 Å². The highest BCUT2D eigenvalue weighted by molar-refractivity contribution is 6.06. The van der Waals surface area contributed by atoms with E-state index in [2.05, 4.69) is 17.2 Å². The van der Waals surface area contributed by atoms with Gasteiger partial charge in [-0.25, -0.2) is 0 Å². The highest BCUT2D eigenvalue weighted by Gasteiger charge is 2.33. The van der Waals surface area contributed by atoms with Gasteiger partial charge in [0.05, 0.1) is 11.3 Å². The maximum atomic E-state index is 12.8. The number of amides is 1. The molecule has 1 aromatic rings. The fourth-order valence-corrected chi connectivity index (χ4v) is 1.42. The van der Waals surface area contributed by atoms with E-state index in [9.17, 15) is 18.0 Å². The third kappa shape index (κ3) is 4.69. The van der Waals surface area contributed by atoms with E-state index in [-0.39, 0.29) is 5.57 Å². The third-order valence-electron chi connectivity index (χ3n) is 2.35. The SMILES string of the molecule is C=CCN/C=C(/C#N)C(=O)Nc1ccccc1C(F)(F)F. The first kappa shape index (κ1) is 16.3. The molecule has 0 unspecified atom stereocenters. The van der Waals surface area contributed by atoms with Crippen LogP contribution in [0.2, 0.25) is 0 Å². The average Bonchev–Trinajstić information content (AvgIpc) is 2.43. The summed E-state index contributed by atoms with van der Waals surface area (Å²) in [6.07, 6.45) is -1.98. The van der Waals surface area contributed by atoms with E-state index in [0.29, 0.717) is 6.54 Å². The van der Waals surface area contributed by atoms with Crippen LogP contribution >= 0.6 is 0 Å². The Hall–Kier alpha value is -2.75. The summed E-state index contributed by atoms with van der Waals surface area (Å²) in [6, 6.07) is 6.15. The van der Waals surface area contributed by atoms with E-state index >= 15 is 0 Å². The Labute approximate surface area is 119 Å². The molecule has 0 radical (unpaired) electrons. The number of carbonyl (C=O) groups is 1. The summed E-state index contributed by atoms with van der Waals surface area (Å²) in [5.41, 5.74) is -1.72. The molecule has 0 heterocycles. The van der Waals surface area contributed by atoms with Gasteiger partial charge in [0.2, 0.25) is 0 Å². The van der Waals surface area contributed by atoms with Gasteiger partial charge in [0.1, 0.15) is 11.6 Å². The van der Waals surface area contributed by atoms with E-state index in [4.69, 9.17) is 5.26 Å². The number of alkyl halides is 3. The zero-order valence-corrected chi connectivity index (χ0v) is 10.9. The molecule has 21 heavy (non-hydrogen) atoms. The molecule has 1 amide bonds. The molecule has 0 aliphatic rings. The standard InChI is InChI=1S/C14H12F3N3O/c1-2-7-19-9-10(8-18)13(21)20-12-6-4-3-5-11(12)14(15,16)17/h2-6,9,19H,1,7H2,(H,20,21)/b10-9-. The van der Waals surface area contributed by atoms with Gasteiger partial charge in [0.25, 0.3) is 5.91 Å². The Morgan fingerprint density at radius 3 is 2.62 bits per heavy atom. The van der Waals surface area contributed by atoms with Crippen molar-refractivity contribution in [3.63, 3.8) is 0 Å². The molecule has 2 N–H and O–H groups in total. The zero-order valence-electron chi connectivity index (χ0n) is 10.9. The van der Waals surface area contributed by atoms with Gasteiger partial charge in [-0.3, -0.25) is 4.79 Å². The molecule has 1 aromatic carbocycles. The van der Waals surface area contributed by atoms with E-state index in [1.54, 1.807) is 6.07 Å². The number of nitrogens with one attached hydrogen (secondary N) is 2. The number of nitrogens with zero attached hydrogens (tertiary/aromatic N) is 1. The van der Waals surface area contributed by atoms with Crippen LogP contribution in [0.5, 0.6) is 0 Å². The van der Waals surface area contributed by atoms with Crippen LogP contribution in [-0.2, 0) is 11.0 Å². The molecule has 0 aromatic heterocycles. The summed E-state index contributed by atoms with van der Waals surface area (Å²) >= 11 is 0. The number of para-hydroxylation sites is 1. The van der Waals surface area contributed by atoms with Crippen molar-refractivity contribution in [2.45, 2.75) is 6.18 Å². The number of halogens is 3. The molecule has 0 bridgehead atoms. The lowest BCUT2D eigenvalue weighted by Crippen LogP contribution is -2.19. The topological polar surface area (TPSA) is 64.9 Å². The molecule has 0 aliphatic heterocycles. The summed E-state index contributed by atoms with van der Waals surface area (Å²) in [5.74, 6) is -0.925. The molecule has 0 saturated heterocycles. The molecular formula is C14H12F3N3O. The molecule has 0 spiro atoms. The van der Waals surface area contributed by atoms with Gasteiger partial charge in [-0.1, -0.05) is 18.2 Å². The fraction of sp³-hybridized carbons (Fsp3) is 0.143. The van der Waals surface area contributed by atoms with Gasteiger partial charge < -0.3 is 10.6 Å². The van der Waals surface area contributed by atoms with E-state index < -0.39 is 23.3 Å². The van der Waals surface area contributed by atoms with Crippen LogP contribution in [0.15, 0.2) is 48.7 Å². The van der Waals surface area contributed by atoms with E-state index in [0.717, 1.165) is 18.3 Å². The second-order valence-electron chi connectivity index (χ2n) is 3.86. The molecule has 7 heteroatoms. The van der Waals surface area contributed by atoms with Crippen molar-refractivity contribution in [1.29, 1.82) is 5.26 Å². The molecular weight excluding hydrogens is 283 g/mol. The quantitative estimate of drug-likeness (QED) is 0.380. The van der Waals surface area contributed by atoms with Gasteiger partial charge >= 0.3 is 6.18 Å². The number of rotatable bonds is 5. The number of anilines is 1.